The molecule has 0 saturated heterocycles. The molecule has 114 valence electrons. The highest BCUT2D eigenvalue weighted by molar-refractivity contribution is 6.33. The van der Waals surface area contributed by atoms with Crippen molar-refractivity contribution < 1.29 is 18.8 Å². The molecule has 0 radical (unpaired) electrons. The van der Waals surface area contributed by atoms with Gasteiger partial charge in [0, 0.05) is 17.7 Å². The van der Waals surface area contributed by atoms with E-state index in [0.717, 1.165) is 12.1 Å². The van der Waals surface area contributed by atoms with E-state index in [-0.39, 0.29) is 33.5 Å². The second-order valence-electron chi connectivity index (χ2n) is 4.20. The van der Waals surface area contributed by atoms with Crippen molar-refractivity contribution in [3.8, 4) is 0 Å². The van der Waals surface area contributed by atoms with Crippen LogP contribution in [0.1, 0.15) is 15.9 Å². The summed E-state index contributed by atoms with van der Waals surface area (Å²) in [5.41, 5.74) is -0.269. The number of carbonyl (C=O) groups excluding carboxylic acids is 1. The summed E-state index contributed by atoms with van der Waals surface area (Å²) in [6.45, 7) is -0.377. The Morgan fingerprint density at radius 3 is 2.55 bits per heavy atom. The highest BCUT2D eigenvalue weighted by atomic mass is 35.5. The summed E-state index contributed by atoms with van der Waals surface area (Å²) in [5.74, 6) is -1.44. The predicted octanol–water partition coefficient (Wildman–Crippen LogP) is 4.40. The molecular formula is C14H8Cl2FNO4. The fourth-order valence-electron chi connectivity index (χ4n) is 1.67. The normalized spacial score (nSPS) is 10.3. The molecule has 0 aromatic heterocycles. The second-order valence-corrected chi connectivity index (χ2v) is 5.01. The number of benzene rings is 2. The minimum Gasteiger partial charge on any atom is -0.457 e. The van der Waals surface area contributed by atoms with Crippen molar-refractivity contribution in [1.29, 1.82) is 0 Å². The summed E-state index contributed by atoms with van der Waals surface area (Å²) in [6, 6.07) is 7.41. The Kier molecular flexibility index (Phi) is 4.95. The first kappa shape index (κ1) is 16.2. The zero-order valence-corrected chi connectivity index (χ0v) is 12.4. The zero-order chi connectivity index (χ0) is 16.3. The molecule has 0 heterocycles. The van der Waals surface area contributed by atoms with Gasteiger partial charge in [0.1, 0.15) is 12.4 Å². The van der Waals surface area contributed by atoms with Crippen LogP contribution in [-0.4, -0.2) is 10.9 Å². The highest BCUT2D eigenvalue weighted by Crippen LogP contribution is 2.24. The van der Waals surface area contributed by atoms with E-state index in [9.17, 15) is 19.3 Å². The van der Waals surface area contributed by atoms with Crippen LogP contribution in [0, 0.1) is 15.9 Å². The number of hydrogen-bond donors (Lipinski definition) is 0. The molecule has 0 N–H and O–H groups in total. The first-order valence-corrected chi connectivity index (χ1v) is 6.69. The summed E-state index contributed by atoms with van der Waals surface area (Å²) in [5, 5.41) is 10.6. The van der Waals surface area contributed by atoms with Gasteiger partial charge in [0.25, 0.3) is 5.69 Å². The van der Waals surface area contributed by atoms with Crippen LogP contribution in [0.25, 0.3) is 0 Å². The zero-order valence-electron chi connectivity index (χ0n) is 10.9. The lowest BCUT2D eigenvalue weighted by molar-refractivity contribution is -0.384. The first-order chi connectivity index (χ1) is 10.4. The summed E-state index contributed by atoms with van der Waals surface area (Å²) in [6.07, 6.45) is 0. The molecule has 2 rings (SSSR count). The largest absolute Gasteiger partial charge is 0.457 e. The molecule has 0 spiro atoms. The molecule has 0 amide bonds. The number of ether oxygens (including phenoxy) is 1. The van der Waals surface area contributed by atoms with Crippen molar-refractivity contribution in [3.63, 3.8) is 0 Å². The van der Waals surface area contributed by atoms with E-state index in [0.29, 0.717) is 0 Å². The fraction of sp³-hybridized carbons (Fsp3) is 0.0714. The molecule has 2 aromatic rings. The third-order valence-electron chi connectivity index (χ3n) is 2.79. The minimum absolute atomic E-state index is 0.0375. The topological polar surface area (TPSA) is 69.4 Å². The minimum atomic E-state index is -0.834. The Morgan fingerprint density at radius 1 is 1.23 bits per heavy atom. The molecule has 0 saturated carbocycles. The average molecular weight is 344 g/mol. The van der Waals surface area contributed by atoms with E-state index >= 15 is 0 Å². The Morgan fingerprint density at radius 2 is 1.95 bits per heavy atom. The van der Waals surface area contributed by atoms with Crippen LogP contribution in [0.15, 0.2) is 36.4 Å². The van der Waals surface area contributed by atoms with E-state index in [1.54, 1.807) is 0 Å². The van der Waals surface area contributed by atoms with Gasteiger partial charge in [-0.3, -0.25) is 10.1 Å². The number of hydrogen-bond acceptors (Lipinski definition) is 4. The maximum absolute atomic E-state index is 13.5. The van der Waals surface area contributed by atoms with Gasteiger partial charge < -0.3 is 4.74 Å². The van der Waals surface area contributed by atoms with E-state index in [1.165, 1.54) is 24.3 Å². The average Bonchev–Trinajstić information content (AvgIpc) is 2.46. The molecular weight excluding hydrogens is 336 g/mol. The molecule has 0 aliphatic heterocycles. The first-order valence-electron chi connectivity index (χ1n) is 5.94. The van der Waals surface area contributed by atoms with Gasteiger partial charge >= 0.3 is 5.97 Å². The van der Waals surface area contributed by atoms with Crippen LogP contribution in [-0.2, 0) is 11.3 Å². The molecule has 2 aromatic carbocycles. The van der Waals surface area contributed by atoms with Gasteiger partial charge in [0.05, 0.1) is 20.5 Å². The molecule has 0 bridgehead atoms. The van der Waals surface area contributed by atoms with Crippen LogP contribution in [0.2, 0.25) is 10.0 Å². The molecule has 22 heavy (non-hydrogen) atoms. The van der Waals surface area contributed by atoms with Crippen LogP contribution in [0.4, 0.5) is 10.1 Å². The van der Waals surface area contributed by atoms with Gasteiger partial charge in [-0.25, -0.2) is 9.18 Å². The summed E-state index contributed by atoms with van der Waals surface area (Å²) in [4.78, 5) is 21.9. The van der Waals surface area contributed by atoms with Crippen molar-refractivity contribution >= 4 is 34.9 Å². The number of nitro benzene ring substituents is 1. The lowest BCUT2D eigenvalue weighted by atomic mass is 10.2. The number of esters is 1. The Bertz CT molecular complexity index is 731. The number of nitrogens with zero attached hydrogens (tertiary/aromatic N) is 1. The van der Waals surface area contributed by atoms with Gasteiger partial charge in [0.2, 0.25) is 0 Å². The van der Waals surface area contributed by atoms with Crippen molar-refractivity contribution in [3.05, 3.63) is 73.5 Å². The quantitative estimate of drug-likeness (QED) is 0.468. The third kappa shape index (κ3) is 3.52. The standard InChI is InChI=1S/C14H8Cl2FNO4/c15-11-2-1-3-13(17)10(11)7-22-14(19)9-5-4-8(18(20)21)6-12(9)16/h1-6H,7H2. The number of rotatable bonds is 4. The van der Waals surface area contributed by atoms with Gasteiger partial charge in [-0.15, -0.1) is 0 Å². The van der Waals surface area contributed by atoms with Gasteiger partial charge in [-0.1, -0.05) is 29.3 Å². The number of non-ortho nitro benzene ring substituents is 1. The second kappa shape index (κ2) is 6.72. The van der Waals surface area contributed by atoms with E-state index in [1.807, 2.05) is 0 Å². The molecule has 0 atom stereocenters. The molecule has 8 heteroatoms. The maximum atomic E-state index is 13.5. The number of halogens is 3. The lowest BCUT2D eigenvalue weighted by Crippen LogP contribution is -2.07. The lowest BCUT2D eigenvalue weighted by Gasteiger charge is -2.08. The SMILES string of the molecule is O=C(OCc1c(F)cccc1Cl)c1ccc([N+](=O)[O-])cc1Cl. The molecule has 5 nitrogen and oxygen atoms in total. The van der Waals surface area contributed by atoms with E-state index in [4.69, 9.17) is 27.9 Å². The maximum Gasteiger partial charge on any atom is 0.339 e. The van der Waals surface area contributed by atoms with Crippen LogP contribution in [0.3, 0.4) is 0 Å². The van der Waals surface area contributed by atoms with Crippen LogP contribution >= 0.6 is 23.2 Å². The highest BCUT2D eigenvalue weighted by Gasteiger charge is 2.17. The number of nitro groups is 1. The fourth-order valence-corrected chi connectivity index (χ4v) is 2.14. The Hall–Kier alpha value is -2.18. The van der Waals surface area contributed by atoms with Crippen molar-refractivity contribution in [2.24, 2.45) is 0 Å². The Labute approximate surface area is 134 Å². The van der Waals surface area contributed by atoms with E-state index < -0.39 is 16.7 Å². The van der Waals surface area contributed by atoms with Gasteiger partial charge in [0.15, 0.2) is 0 Å². The summed E-state index contributed by atoms with van der Waals surface area (Å²) >= 11 is 11.6. The van der Waals surface area contributed by atoms with Crippen molar-refractivity contribution in [2.75, 3.05) is 0 Å². The molecule has 0 aliphatic carbocycles. The number of carbonyl (C=O) groups is 1. The van der Waals surface area contributed by atoms with Gasteiger partial charge in [-0.05, 0) is 18.2 Å². The Balaban J connectivity index is 2.15. The van der Waals surface area contributed by atoms with E-state index in [2.05, 4.69) is 0 Å². The smallest absolute Gasteiger partial charge is 0.339 e. The van der Waals surface area contributed by atoms with Crippen LogP contribution in [0.5, 0.6) is 0 Å². The van der Waals surface area contributed by atoms with Gasteiger partial charge in [-0.2, -0.15) is 0 Å². The third-order valence-corrected chi connectivity index (χ3v) is 3.46. The predicted molar refractivity (Wildman–Crippen MR) is 78.6 cm³/mol. The van der Waals surface area contributed by atoms with Crippen LogP contribution < -0.4 is 0 Å². The summed E-state index contributed by atoms with van der Waals surface area (Å²) < 4.78 is 18.5. The molecule has 0 aliphatic rings. The van der Waals surface area contributed by atoms with Crippen molar-refractivity contribution in [1.82, 2.24) is 0 Å². The van der Waals surface area contributed by atoms with Crippen molar-refractivity contribution in [2.45, 2.75) is 6.61 Å². The molecule has 0 unspecified atom stereocenters. The molecule has 0 fully saturated rings. The summed E-state index contributed by atoms with van der Waals surface area (Å²) in [7, 11) is 0. The monoisotopic (exact) mass is 343 g/mol.